The Hall–Kier alpha value is -3.16. The Balaban J connectivity index is 1.55. The van der Waals surface area contributed by atoms with Gasteiger partial charge in [0.15, 0.2) is 0 Å². The molecular formula is C25H20O. The van der Waals surface area contributed by atoms with E-state index in [4.69, 9.17) is 0 Å². The van der Waals surface area contributed by atoms with Crippen LogP contribution in [0.5, 0.6) is 0 Å². The Labute approximate surface area is 154 Å². The standard InChI is InChI=1S/C25H20O/c26-25(23-15-11-21(12-16-23)19-7-3-1-4-8-19)24-17-13-22(14-18-24)20-9-5-2-6-10-20/h1-18,25-26H. The van der Waals surface area contributed by atoms with Gasteiger partial charge in [-0.25, -0.2) is 0 Å². The van der Waals surface area contributed by atoms with E-state index in [9.17, 15) is 5.11 Å². The first-order chi connectivity index (χ1) is 12.8. The monoisotopic (exact) mass is 336 g/mol. The van der Waals surface area contributed by atoms with E-state index in [1.807, 2.05) is 60.7 Å². The van der Waals surface area contributed by atoms with Crippen molar-refractivity contribution in [1.29, 1.82) is 0 Å². The summed E-state index contributed by atoms with van der Waals surface area (Å²) < 4.78 is 0. The van der Waals surface area contributed by atoms with Gasteiger partial charge in [0.2, 0.25) is 0 Å². The zero-order valence-electron chi connectivity index (χ0n) is 14.4. The van der Waals surface area contributed by atoms with E-state index < -0.39 is 6.10 Å². The van der Waals surface area contributed by atoms with Crippen molar-refractivity contribution in [2.75, 3.05) is 0 Å². The van der Waals surface area contributed by atoms with Crippen LogP contribution in [-0.2, 0) is 0 Å². The van der Waals surface area contributed by atoms with Crippen molar-refractivity contribution in [3.8, 4) is 22.3 Å². The molecule has 0 saturated heterocycles. The van der Waals surface area contributed by atoms with Crippen LogP contribution in [0.15, 0.2) is 109 Å². The van der Waals surface area contributed by atoms with Crippen LogP contribution in [0.3, 0.4) is 0 Å². The van der Waals surface area contributed by atoms with E-state index >= 15 is 0 Å². The third kappa shape index (κ3) is 3.44. The van der Waals surface area contributed by atoms with Gasteiger partial charge in [0.25, 0.3) is 0 Å². The molecule has 0 spiro atoms. The first-order valence-corrected chi connectivity index (χ1v) is 8.80. The first-order valence-electron chi connectivity index (χ1n) is 8.80. The van der Waals surface area contributed by atoms with Gasteiger partial charge in [-0.3, -0.25) is 0 Å². The Bertz CT molecular complexity index is 873. The molecule has 0 aliphatic carbocycles. The Morgan fingerprint density at radius 1 is 0.385 bits per heavy atom. The molecule has 26 heavy (non-hydrogen) atoms. The van der Waals surface area contributed by atoms with E-state index in [0.717, 1.165) is 22.3 Å². The molecule has 126 valence electrons. The lowest BCUT2D eigenvalue weighted by Crippen LogP contribution is -1.99. The first kappa shape index (κ1) is 16.3. The molecule has 4 rings (SSSR count). The van der Waals surface area contributed by atoms with E-state index in [1.54, 1.807) is 0 Å². The van der Waals surface area contributed by atoms with Crippen LogP contribution in [-0.4, -0.2) is 5.11 Å². The Kier molecular flexibility index (Phi) is 4.63. The summed E-state index contributed by atoms with van der Waals surface area (Å²) in [5, 5.41) is 10.7. The van der Waals surface area contributed by atoms with Gasteiger partial charge in [-0.2, -0.15) is 0 Å². The summed E-state index contributed by atoms with van der Waals surface area (Å²) >= 11 is 0. The zero-order chi connectivity index (χ0) is 17.8. The van der Waals surface area contributed by atoms with Crippen LogP contribution in [0.1, 0.15) is 17.2 Å². The van der Waals surface area contributed by atoms with Gasteiger partial charge in [-0.05, 0) is 33.4 Å². The molecule has 1 N–H and O–H groups in total. The maximum atomic E-state index is 10.7. The lowest BCUT2D eigenvalue weighted by Gasteiger charge is -2.13. The van der Waals surface area contributed by atoms with Gasteiger partial charge in [-0.1, -0.05) is 109 Å². The van der Waals surface area contributed by atoms with Crippen molar-refractivity contribution in [2.45, 2.75) is 6.10 Å². The van der Waals surface area contributed by atoms with E-state index in [1.165, 1.54) is 11.1 Å². The minimum Gasteiger partial charge on any atom is -0.384 e. The second-order valence-electron chi connectivity index (χ2n) is 6.38. The third-order valence-corrected chi connectivity index (χ3v) is 4.67. The number of hydrogen-bond acceptors (Lipinski definition) is 1. The van der Waals surface area contributed by atoms with Crippen molar-refractivity contribution < 1.29 is 5.11 Å². The molecule has 0 aromatic heterocycles. The number of hydrogen-bond donors (Lipinski definition) is 1. The van der Waals surface area contributed by atoms with Crippen LogP contribution >= 0.6 is 0 Å². The summed E-state index contributed by atoms with van der Waals surface area (Å²) in [5.41, 5.74) is 6.47. The van der Waals surface area contributed by atoms with Crippen LogP contribution < -0.4 is 0 Å². The maximum absolute atomic E-state index is 10.7. The molecule has 0 heterocycles. The second-order valence-corrected chi connectivity index (χ2v) is 6.38. The second kappa shape index (κ2) is 7.38. The van der Waals surface area contributed by atoms with E-state index in [0.29, 0.717) is 0 Å². The fourth-order valence-corrected chi connectivity index (χ4v) is 3.17. The minimum absolute atomic E-state index is 0.621. The summed E-state index contributed by atoms with van der Waals surface area (Å²) in [7, 11) is 0. The molecule has 0 fully saturated rings. The number of aliphatic hydroxyl groups excluding tert-OH is 1. The summed E-state index contributed by atoms with van der Waals surface area (Å²) in [6, 6.07) is 36.8. The van der Waals surface area contributed by atoms with Gasteiger partial charge < -0.3 is 5.11 Å². The van der Waals surface area contributed by atoms with Crippen molar-refractivity contribution in [1.82, 2.24) is 0 Å². The molecule has 1 nitrogen and oxygen atoms in total. The van der Waals surface area contributed by atoms with Gasteiger partial charge in [0.05, 0.1) is 0 Å². The summed E-state index contributed by atoms with van der Waals surface area (Å²) in [6.07, 6.45) is -0.621. The van der Waals surface area contributed by atoms with Gasteiger partial charge >= 0.3 is 0 Å². The molecule has 0 saturated carbocycles. The third-order valence-electron chi connectivity index (χ3n) is 4.67. The molecule has 0 radical (unpaired) electrons. The smallest absolute Gasteiger partial charge is 0.104 e. The predicted molar refractivity (Wildman–Crippen MR) is 108 cm³/mol. The summed E-state index contributed by atoms with van der Waals surface area (Å²) in [5.74, 6) is 0. The fraction of sp³-hybridized carbons (Fsp3) is 0.0400. The molecule has 0 aliphatic rings. The lowest BCUT2D eigenvalue weighted by atomic mass is 9.96. The maximum Gasteiger partial charge on any atom is 0.104 e. The highest BCUT2D eigenvalue weighted by atomic mass is 16.3. The minimum atomic E-state index is -0.621. The molecule has 0 unspecified atom stereocenters. The number of benzene rings is 4. The fourth-order valence-electron chi connectivity index (χ4n) is 3.17. The van der Waals surface area contributed by atoms with E-state index in [-0.39, 0.29) is 0 Å². The zero-order valence-corrected chi connectivity index (χ0v) is 14.4. The molecule has 4 aromatic rings. The van der Waals surface area contributed by atoms with Crippen molar-refractivity contribution >= 4 is 0 Å². The predicted octanol–water partition coefficient (Wildman–Crippen LogP) is 6.10. The average Bonchev–Trinajstić information content (AvgIpc) is 2.75. The highest BCUT2D eigenvalue weighted by molar-refractivity contribution is 5.65. The van der Waals surface area contributed by atoms with Gasteiger partial charge in [0, 0.05) is 0 Å². The van der Waals surface area contributed by atoms with Crippen LogP contribution in [0.4, 0.5) is 0 Å². The van der Waals surface area contributed by atoms with Crippen molar-refractivity contribution in [2.24, 2.45) is 0 Å². The lowest BCUT2D eigenvalue weighted by molar-refractivity contribution is 0.220. The molecular weight excluding hydrogens is 316 g/mol. The number of rotatable bonds is 4. The van der Waals surface area contributed by atoms with Crippen molar-refractivity contribution in [3.05, 3.63) is 120 Å². The van der Waals surface area contributed by atoms with Crippen molar-refractivity contribution in [3.63, 3.8) is 0 Å². The van der Waals surface area contributed by atoms with E-state index in [2.05, 4.69) is 48.5 Å². The van der Waals surface area contributed by atoms with Gasteiger partial charge in [-0.15, -0.1) is 0 Å². The Morgan fingerprint density at radius 2 is 0.692 bits per heavy atom. The molecule has 0 bridgehead atoms. The largest absolute Gasteiger partial charge is 0.384 e. The normalized spacial score (nSPS) is 10.8. The topological polar surface area (TPSA) is 20.2 Å². The number of aliphatic hydroxyl groups is 1. The average molecular weight is 336 g/mol. The highest BCUT2D eigenvalue weighted by Crippen LogP contribution is 2.27. The van der Waals surface area contributed by atoms with Crippen LogP contribution in [0.25, 0.3) is 22.3 Å². The summed E-state index contributed by atoms with van der Waals surface area (Å²) in [4.78, 5) is 0. The quantitative estimate of drug-likeness (QED) is 0.477. The molecule has 0 amide bonds. The highest BCUT2D eigenvalue weighted by Gasteiger charge is 2.11. The molecule has 0 aliphatic heterocycles. The van der Waals surface area contributed by atoms with Gasteiger partial charge in [0.1, 0.15) is 6.10 Å². The molecule has 4 aromatic carbocycles. The molecule has 1 heteroatoms. The molecule has 0 atom stereocenters. The Morgan fingerprint density at radius 3 is 1.04 bits per heavy atom. The summed E-state index contributed by atoms with van der Waals surface area (Å²) in [6.45, 7) is 0. The van der Waals surface area contributed by atoms with Crippen LogP contribution in [0, 0.1) is 0 Å². The van der Waals surface area contributed by atoms with Crippen LogP contribution in [0.2, 0.25) is 0 Å². The SMILES string of the molecule is OC(c1ccc(-c2ccccc2)cc1)c1ccc(-c2ccccc2)cc1.